The standard InChI is InChI=1S/C25H28FNO4/c1-15(2)27-21-6-4-5-16(3)24(21)25(17-7-9-18(26)10-8-17)22(27)12-11-19(28)13-20(29)14-23(30)31/h4-12,15,19-20,28-29H,13-14H2,1-3H3,(H,30,31)/b12-11+/t19-,20-/m0/s1. The van der Waals surface area contributed by atoms with Crippen LogP contribution >= 0.6 is 0 Å². The highest BCUT2D eigenvalue weighted by Crippen LogP contribution is 2.39. The second-order valence-corrected chi connectivity index (χ2v) is 8.11. The number of hydrogen-bond donors (Lipinski definition) is 3. The third-order valence-electron chi connectivity index (χ3n) is 5.33. The summed E-state index contributed by atoms with van der Waals surface area (Å²) in [4.78, 5) is 10.8. The molecule has 1 heterocycles. The highest BCUT2D eigenvalue weighted by atomic mass is 19.1. The molecule has 0 unspecified atom stereocenters. The molecule has 0 radical (unpaired) electrons. The first-order valence-electron chi connectivity index (χ1n) is 10.3. The maximum atomic E-state index is 13.6. The third-order valence-corrected chi connectivity index (χ3v) is 5.33. The van der Waals surface area contributed by atoms with Crippen molar-refractivity contribution < 1.29 is 24.5 Å². The quantitative estimate of drug-likeness (QED) is 0.478. The highest BCUT2D eigenvalue weighted by Gasteiger charge is 2.21. The molecule has 0 aliphatic carbocycles. The lowest BCUT2D eigenvalue weighted by Crippen LogP contribution is -2.19. The summed E-state index contributed by atoms with van der Waals surface area (Å²) in [5, 5.41) is 30.0. The summed E-state index contributed by atoms with van der Waals surface area (Å²) in [5.74, 6) is -1.43. The summed E-state index contributed by atoms with van der Waals surface area (Å²) in [6.07, 6.45) is 0.742. The van der Waals surface area contributed by atoms with E-state index in [9.17, 15) is 19.4 Å². The van der Waals surface area contributed by atoms with Crippen molar-refractivity contribution in [1.82, 2.24) is 4.57 Å². The van der Waals surface area contributed by atoms with Gasteiger partial charge in [-0.05, 0) is 56.2 Å². The molecule has 0 bridgehead atoms. The molecule has 0 fully saturated rings. The van der Waals surface area contributed by atoms with Gasteiger partial charge in [0.1, 0.15) is 5.82 Å². The fourth-order valence-electron chi connectivity index (χ4n) is 4.03. The van der Waals surface area contributed by atoms with E-state index in [4.69, 9.17) is 5.11 Å². The van der Waals surface area contributed by atoms with Gasteiger partial charge in [-0.3, -0.25) is 4.79 Å². The molecular formula is C25H28FNO4. The summed E-state index contributed by atoms with van der Waals surface area (Å²) in [7, 11) is 0. The van der Waals surface area contributed by atoms with E-state index in [0.29, 0.717) is 0 Å². The number of aromatic nitrogens is 1. The molecule has 0 saturated carbocycles. The van der Waals surface area contributed by atoms with E-state index in [0.717, 1.165) is 33.3 Å². The fraction of sp³-hybridized carbons (Fsp3) is 0.320. The minimum absolute atomic E-state index is 0.0738. The molecule has 3 aromatic rings. The Kier molecular flexibility index (Phi) is 6.93. The molecule has 6 heteroatoms. The van der Waals surface area contributed by atoms with Crippen LogP contribution in [0.3, 0.4) is 0 Å². The summed E-state index contributed by atoms with van der Waals surface area (Å²) >= 11 is 0. The number of aliphatic carboxylic acids is 1. The van der Waals surface area contributed by atoms with Crippen molar-refractivity contribution in [3.63, 3.8) is 0 Å². The van der Waals surface area contributed by atoms with Crippen LogP contribution in [0.2, 0.25) is 0 Å². The van der Waals surface area contributed by atoms with Gasteiger partial charge >= 0.3 is 5.97 Å². The zero-order valence-corrected chi connectivity index (χ0v) is 17.9. The van der Waals surface area contributed by atoms with Crippen molar-refractivity contribution in [2.24, 2.45) is 0 Å². The Morgan fingerprint density at radius 3 is 2.42 bits per heavy atom. The van der Waals surface area contributed by atoms with Crippen molar-refractivity contribution in [3.8, 4) is 11.1 Å². The van der Waals surface area contributed by atoms with Gasteiger partial charge in [0.25, 0.3) is 0 Å². The number of aryl methyl sites for hydroxylation is 1. The molecule has 0 saturated heterocycles. The Hall–Kier alpha value is -2.96. The van der Waals surface area contributed by atoms with Crippen LogP contribution in [0.15, 0.2) is 48.5 Å². The van der Waals surface area contributed by atoms with E-state index in [1.165, 1.54) is 12.1 Å². The Bertz CT molecular complexity index is 1100. The summed E-state index contributed by atoms with van der Waals surface area (Å²) in [5.41, 5.74) is 4.78. The molecule has 2 aromatic carbocycles. The zero-order valence-electron chi connectivity index (χ0n) is 17.9. The molecule has 3 rings (SSSR count). The van der Waals surface area contributed by atoms with Gasteiger partial charge in [0, 0.05) is 34.6 Å². The number of fused-ring (bicyclic) bond motifs is 1. The molecular weight excluding hydrogens is 397 g/mol. The van der Waals surface area contributed by atoms with Gasteiger partial charge in [-0.2, -0.15) is 0 Å². The van der Waals surface area contributed by atoms with E-state index in [-0.39, 0.29) is 18.3 Å². The van der Waals surface area contributed by atoms with Gasteiger partial charge in [0.2, 0.25) is 0 Å². The molecule has 3 N–H and O–H groups in total. The molecule has 1 aromatic heterocycles. The first kappa shape index (κ1) is 22.7. The van der Waals surface area contributed by atoms with Crippen molar-refractivity contribution >= 4 is 22.9 Å². The van der Waals surface area contributed by atoms with E-state index < -0.39 is 24.6 Å². The number of carboxylic acid groups (broad SMARTS) is 1. The number of benzene rings is 2. The lowest BCUT2D eigenvalue weighted by atomic mass is 9.98. The van der Waals surface area contributed by atoms with Gasteiger partial charge in [-0.25, -0.2) is 4.39 Å². The number of carboxylic acids is 1. The molecule has 164 valence electrons. The summed E-state index contributed by atoms with van der Waals surface area (Å²) in [6.45, 7) is 6.17. The predicted molar refractivity (Wildman–Crippen MR) is 120 cm³/mol. The van der Waals surface area contributed by atoms with Crippen molar-refractivity contribution in [3.05, 3.63) is 65.6 Å². The number of aliphatic hydroxyl groups is 2. The number of halogens is 1. The fourth-order valence-corrected chi connectivity index (χ4v) is 4.03. The topological polar surface area (TPSA) is 82.7 Å². The summed E-state index contributed by atoms with van der Waals surface area (Å²) < 4.78 is 15.7. The number of hydrogen-bond acceptors (Lipinski definition) is 3. The van der Waals surface area contributed by atoms with Crippen LogP contribution in [0, 0.1) is 12.7 Å². The normalized spacial score (nSPS) is 13.9. The Balaban J connectivity index is 2.14. The van der Waals surface area contributed by atoms with Crippen LogP contribution < -0.4 is 0 Å². The third kappa shape index (κ3) is 5.03. The zero-order chi connectivity index (χ0) is 22.7. The van der Waals surface area contributed by atoms with Gasteiger partial charge in [0.05, 0.1) is 18.6 Å². The van der Waals surface area contributed by atoms with E-state index in [1.54, 1.807) is 24.3 Å². The van der Waals surface area contributed by atoms with Crippen LogP contribution in [-0.2, 0) is 4.79 Å². The van der Waals surface area contributed by atoms with E-state index in [2.05, 4.69) is 18.4 Å². The molecule has 2 atom stereocenters. The average Bonchev–Trinajstić information content (AvgIpc) is 3.02. The molecule has 31 heavy (non-hydrogen) atoms. The second-order valence-electron chi connectivity index (χ2n) is 8.11. The molecule has 0 amide bonds. The Morgan fingerprint density at radius 1 is 1.13 bits per heavy atom. The van der Waals surface area contributed by atoms with Crippen molar-refractivity contribution in [2.45, 2.75) is 51.9 Å². The number of aliphatic hydroxyl groups excluding tert-OH is 2. The number of rotatable bonds is 8. The lowest BCUT2D eigenvalue weighted by molar-refractivity contribution is -0.139. The molecule has 0 spiro atoms. The highest BCUT2D eigenvalue weighted by molar-refractivity contribution is 6.02. The van der Waals surface area contributed by atoms with Gasteiger partial charge in [-0.15, -0.1) is 0 Å². The lowest BCUT2D eigenvalue weighted by Gasteiger charge is -2.15. The number of carbonyl (C=O) groups is 1. The van der Waals surface area contributed by atoms with E-state index in [1.807, 2.05) is 25.1 Å². The van der Waals surface area contributed by atoms with Gasteiger partial charge in [0.15, 0.2) is 0 Å². The molecule has 5 nitrogen and oxygen atoms in total. The minimum atomic E-state index is -1.13. The Morgan fingerprint density at radius 2 is 1.81 bits per heavy atom. The second kappa shape index (κ2) is 9.45. The molecule has 0 aliphatic rings. The van der Waals surface area contributed by atoms with Gasteiger partial charge < -0.3 is 19.9 Å². The van der Waals surface area contributed by atoms with Crippen LogP contribution in [0.5, 0.6) is 0 Å². The minimum Gasteiger partial charge on any atom is -0.481 e. The summed E-state index contributed by atoms with van der Waals surface area (Å²) in [6, 6.07) is 12.5. The first-order valence-corrected chi connectivity index (χ1v) is 10.3. The number of nitrogens with zero attached hydrogens (tertiary/aromatic N) is 1. The molecule has 0 aliphatic heterocycles. The maximum Gasteiger partial charge on any atom is 0.305 e. The SMILES string of the molecule is Cc1cccc2c1c(-c1ccc(F)cc1)c(/C=C/[C@H](O)C[C@H](O)CC(=O)O)n2C(C)C. The smallest absolute Gasteiger partial charge is 0.305 e. The van der Waals surface area contributed by atoms with Crippen LogP contribution in [0.1, 0.15) is 44.0 Å². The monoisotopic (exact) mass is 425 g/mol. The Labute approximate surface area is 181 Å². The van der Waals surface area contributed by atoms with Crippen LogP contribution in [0.4, 0.5) is 4.39 Å². The van der Waals surface area contributed by atoms with Crippen LogP contribution in [-0.4, -0.2) is 38.1 Å². The van der Waals surface area contributed by atoms with Crippen molar-refractivity contribution in [2.75, 3.05) is 0 Å². The predicted octanol–water partition coefficient (Wildman–Crippen LogP) is 4.94. The first-order chi connectivity index (χ1) is 14.7. The maximum absolute atomic E-state index is 13.6. The largest absolute Gasteiger partial charge is 0.481 e. The van der Waals surface area contributed by atoms with Gasteiger partial charge in [-0.1, -0.05) is 30.3 Å². The van der Waals surface area contributed by atoms with Crippen molar-refractivity contribution in [1.29, 1.82) is 0 Å². The van der Waals surface area contributed by atoms with Crippen LogP contribution in [0.25, 0.3) is 28.1 Å². The van der Waals surface area contributed by atoms with E-state index >= 15 is 0 Å². The average molecular weight is 426 g/mol.